The van der Waals surface area contributed by atoms with E-state index in [4.69, 9.17) is 0 Å². The summed E-state index contributed by atoms with van der Waals surface area (Å²) in [5, 5.41) is 3.02. The highest BCUT2D eigenvalue weighted by Crippen LogP contribution is 2.13. The van der Waals surface area contributed by atoms with Crippen molar-refractivity contribution < 1.29 is 18.1 Å². The quantitative estimate of drug-likeness (QED) is 0.739. The van der Waals surface area contributed by atoms with Gasteiger partial charge in [0.05, 0.1) is 23.7 Å². The van der Waals surface area contributed by atoms with Gasteiger partial charge in [-0.1, -0.05) is 48.0 Å². The Morgan fingerprint density at radius 1 is 1.04 bits per heavy atom. The number of nitrogens with one attached hydrogen (secondary N) is 2. The lowest BCUT2D eigenvalue weighted by Crippen LogP contribution is -3.12. The molecule has 0 bridgehead atoms. The lowest BCUT2D eigenvalue weighted by Gasteiger charge is -2.29. The van der Waals surface area contributed by atoms with Crippen molar-refractivity contribution >= 4 is 15.7 Å². The predicted molar refractivity (Wildman–Crippen MR) is 110 cm³/mol. The number of carbonyl (C=O) groups excluding carboxylic acids is 1. The second-order valence-electron chi connectivity index (χ2n) is 7.64. The van der Waals surface area contributed by atoms with Gasteiger partial charge in [-0.15, -0.1) is 0 Å². The van der Waals surface area contributed by atoms with Crippen LogP contribution in [0.4, 0.5) is 0 Å². The molecule has 2 aromatic rings. The zero-order valence-corrected chi connectivity index (χ0v) is 17.2. The Hall–Kier alpha value is -2.18. The van der Waals surface area contributed by atoms with E-state index >= 15 is 0 Å². The van der Waals surface area contributed by atoms with E-state index in [1.165, 1.54) is 10.5 Å². The summed E-state index contributed by atoms with van der Waals surface area (Å²) in [6.45, 7) is 4.95. The molecule has 2 N–H and O–H groups in total. The number of piperidine rings is 1. The molecule has 5 nitrogen and oxygen atoms in total. The molecule has 1 fully saturated rings. The molecular formula is C22H29N2O3S+. The van der Waals surface area contributed by atoms with Crippen molar-refractivity contribution in [1.29, 1.82) is 0 Å². The summed E-state index contributed by atoms with van der Waals surface area (Å²) in [6.07, 6.45) is 1.87. The monoisotopic (exact) mass is 401 g/mol. The van der Waals surface area contributed by atoms with Gasteiger partial charge in [-0.05, 0) is 19.1 Å². The second kappa shape index (κ2) is 9.34. The Kier molecular flexibility index (Phi) is 6.86. The fraction of sp³-hybridized carbons (Fsp3) is 0.409. The first-order valence-electron chi connectivity index (χ1n) is 9.89. The Morgan fingerprint density at radius 3 is 2.32 bits per heavy atom. The first-order valence-corrected chi connectivity index (χ1v) is 11.5. The van der Waals surface area contributed by atoms with Gasteiger partial charge in [-0.25, -0.2) is 8.42 Å². The number of likely N-dealkylation sites (tertiary alicyclic amines) is 1. The van der Waals surface area contributed by atoms with Crippen molar-refractivity contribution in [2.45, 2.75) is 43.7 Å². The van der Waals surface area contributed by atoms with Crippen molar-refractivity contribution in [1.82, 2.24) is 5.32 Å². The average molecular weight is 402 g/mol. The molecule has 28 heavy (non-hydrogen) atoms. The van der Waals surface area contributed by atoms with Crippen LogP contribution in [0.1, 0.15) is 30.4 Å². The lowest BCUT2D eigenvalue weighted by molar-refractivity contribution is -0.918. The van der Waals surface area contributed by atoms with Crippen molar-refractivity contribution in [2.24, 2.45) is 0 Å². The summed E-state index contributed by atoms with van der Waals surface area (Å²) >= 11 is 0. The third-order valence-electron chi connectivity index (χ3n) is 5.33. The van der Waals surface area contributed by atoms with E-state index in [9.17, 15) is 13.2 Å². The average Bonchev–Trinajstić information content (AvgIpc) is 2.69. The summed E-state index contributed by atoms with van der Waals surface area (Å²) in [7, 11) is -3.42. The fourth-order valence-corrected chi connectivity index (χ4v) is 4.86. The molecule has 0 aliphatic carbocycles. The Labute approximate surface area is 167 Å². The molecule has 1 heterocycles. The van der Waals surface area contributed by atoms with E-state index in [0.717, 1.165) is 38.0 Å². The lowest BCUT2D eigenvalue weighted by atomic mass is 10.0. The summed E-state index contributed by atoms with van der Waals surface area (Å²) in [4.78, 5) is 14.0. The summed E-state index contributed by atoms with van der Waals surface area (Å²) in [6, 6.07) is 17.4. The Morgan fingerprint density at radius 2 is 1.68 bits per heavy atom. The van der Waals surface area contributed by atoms with Gasteiger partial charge in [0.2, 0.25) is 5.91 Å². The van der Waals surface area contributed by atoms with E-state index in [0.29, 0.717) is 0 Å². The topological polar surface area (TPSA) is 67.7 Å². The second-order valence-corrected chi connectivity index (χ2v) is 9.75. The van der Waals surface area contributed by atoms with Crippen LogP contribution < -0.4 is 10.2 Å². The molecule has 1 aliphatic rings. The van der Waals surface area contributed by atoms with Crippen LogP contribution in [0.15, 0.2) is 59.5 Å². The zero-order chi connectivity index (χ0) is 20.0. The van der Waals surface area contributed by atoms with Crippen LogP contribution in [0, 0.1) is 6.92 Å². The third kappa shape index (κ3) is 5.91. The molecule has 2 aromatic carbocycles. The smallest absolute Gasteiger partial charge is 0.221 e. The highest BCUT2D eigenvalue weighted by atomic mass is 32.2. The molecule has 0 unspecified atom stereocenters. The van der Waals surface area contributed by atoms with Crippen LogP contribution in [-0.4, -0.2) is 39.2 Å². The van der Waals surface area contributed by atoms with Gasteiger partial charge in [-0.3, -0.25) is 4.79 Å². The van der Waals surface area contributed by atoms with Gasteiger partial charge in [-0.2, -0.15) is 0 Å². The maximum absolute atomic E-state index is 12.4. The largest absolute Gasteiger partial charge is 0.353 e. The molecule has 0 atom stereocenters. The van der Waals surface area contributed by atoms with Crippen molar-refractivity contribution in [2.75, 3.05) is 18.8 Å². The minimum atomic E-state index is -3.42. The Bertz CT molecular complexity index is 872. The number of rotatable bonds is 7. The number of carbonyl (C=O) groups is 1. The summed E-state index contributed by atoms with van der Waals surface area (Å²) < 4.78 is 24.7. The van der Waals surface area contributed by atoms with E-state index < -0.39 is 9.84 Å². The molecule has 6 heteroatoms. The number of amides is 1. The molecule has 3 rings (SSSR count). The number of benzene rings is 2. The third-order valence-corrected chi connectivity index (χ3v) is 7.06. The standard InChI is InChI=1S/C22H28N2O3S/c1-18-7-9-21(10-8-18)28(26,27)16-13-22(25)23-20-11-14-24(15-12-20)17-19-5-3-2-4-6-19/h2-10,20H,11-17H2,1H3,(H,23,25)/p+1. The van der Waals surface area contributed by atoms with E-state index in [-0.39, 0.29) is 29.0 Å². The Balaban J connectivity index is 1.41. The summed E-state index contributed by atoms with van der Waals surface area (Å²) in [5.74, 6) is -0.327. The highest BCUT2D eigenvalue weighted by molar-refractivity contribution is 7.91. The predicted octanol–water partition coefficient (Wildman–Crippen LogP) is 1.52. The molecule has 1 saturated heterocycles. The normalized spacial score (nSPS) is 19.9. The fourth-order valence-electron chi connectivity index (χ4n) is 3.62. The van der Waals surface area contributed by atoms with E-state index in [1.54, 1.807) is 24.3 Å². The highest BCUT2D eigenvalue weighted by Gasteiger charge is 2.24. The minimum Gasteiger partial charge on any atom is -0.353 e. The molecule has 0 spiro atoms. The first kappa shape index (κ1) is 20.6. The molecule has 0 radical (unpaired) electrons. The number of aryl methyl sites for hydroxylation is 1. The molecule has 1 amide bonds. The van der Waals surface area contributed by atoms with Crippen LogP contribution in [0.3, 0.4) is 0 Å². The summed E-state index contributed by atoms with van der Waals surface area (Å²) in [5.41, 5.74) is 2.35. The zero-order valence-electron chi connectivity index (χ0n) is 16.4. The molecule has 0 aromatic heterocycles. The van der Waals surface area contributed by atoms with Gasteiger partial charge in [0.15, 0.2) is 9.84 Å². The number of hydrogen-bond acceptors (Lipinski definition) is 3. The molecule has 0 saturated carbocycles. The van der Waals surface area contributed by atoms with Gasteiger partial charge in [0, 0.05) is 30.9 Å². The van der Waals surface area contributed by atoms with Crippen LogP contribution in [0.2, 0.25) is 0 Å². The van der Waals surface area contributed by atoms with Crippen LogP contribution in [0.25, 0.3) is 0 Å². The number of hydrogen-bond donors (Lipinski definition) is 2. The van der Waals surface area contributed by atoms with E-state index in [2.05, 4.69) is 29.6 Å². The van der Waals surface area contributed by atoms with E-state index in [1.807, 2.05) is 13.0 Å². The van der Waals surface area contributed by atoms with Gasteiger partial charge in [0.25, 0.3) is 0 Å². The van der Waals surface area contributed by atoms with Gasteiger partial charge in [0.1, 0.15) is 6.54 Å². The van der Waals surface area contributed by atoms with Crippen LogP contribution in [-0.2, 0) is 21.2 Å². The molecule has 1 aliphatic heterocycles. The van der Waals surface area contributed by atoms with Crippen molar-refractivity contribution in [3.63, 3.8) is 0 Å². The van der Waals surface area contributed by atoms with Crippen molar-refractivity contribution in [3.05, 3.63) is 65.7 Å². The maximum atomic E-state index is 12.4. The number of quaternary nitrogens is 1. The van der Waals surface area contributed by atoms with Crippen LogP contribution in [0.5, 0.6) is 0 Å². The SMILES string of the molecule is Cc1ccc(S(=O)(=O)CCC(=O)NC2CC[NH+](Cc3ccccc3)CC2)cc1. The minimum absolute atomic E-state index is 0.00724. The van der Waals surface area contributed by atoms with Crippen LogP contribution >= 0.6 is 0 Å². The number of sulfone groups is 1. The van der Waals surface area contributed by atoms with Gasteiger partial charge < -0.3 is 10.2 Å². The van der Waals surface area contributed by atoms with Crippen molar-refractivity contribution in [3.8, 4) is 0 Å². The first-order chi connectivity index (χ1) is 13.4. The van der Waals surface area contributed by atoms with Gasteiger partial charge >= 0.3 is 0 Å². The molecular weight excluding hydrogens is 372 g/mol. The maximum Gasteiger partial charge on any atom is 0.221 e. The molecule has 150 valence electrons.